The number of carbonyl (C=O) groups is 2. The van der Waals surface area contributed by atoms with Gasteiger partial charge in [0.25, 0.3) is 17.4 Å². The zero-order chi connectivity index (χ0) is 30.9. The van der Waals surface area contributed by atoms with E-state index in [0.717, 1.165) is 6.07 Å². The molecule has 1 spiro atoms. The van der Waals surface area contributed by atoms with E-state index < -0.39 is 60.5 Å². The maximum atomic E-state index is 13.5. The highest BCUT2D eigenvalue weighted by molar-refractivity contribution is 7.93. The molecule has 0 bridgehead atoms. The summed E-state index contributed by atoms with van der Waals surface area (Å²) in [5.41, 5.74) is -8.11. The van der Waals surface area contributed by atoms with E-state index in [-0.39, 0.29) is 58.8 Å². The van der Waals surface area contributed by atoms with Gasteiger partial charge in [-0.1, -0.05) is 35.3 Å². The van der Waals surface area contributed by atoms with Crippen molar-refractivity contribution in [2.75, 3.05) is 37.7 Å². The summed E-state index contributed by atoms with van der Waals surface area (Å²) in [6, 6.07) is 1.05. The van der Waals surface area contributed by atoms with Gasteiger partial charge in [0.15, 0.2) is 5.01 Å². The van der Waals surface area contributed by atoms with E-state index in [1.54, 1.807) is 13.8 Å². The van der Waals surface area contributed by atoms with Crippen LogP contribution in [0.4, 0.5) is 26.3 Å². The lowest BCUT2D eigenvalue weighted by Gasteiger charge is -2.55. The quantitative estimate of drug-likeness (QED) is 0.400. The van der Waals surface area contributed by atoms with Crippen LogP contribution < -0.4 is 0 Å². The zero-order valence-corrected chi connectivity index (χ0v) is 24.4. The number of hydrogen-bond acceptors (Lipinski definition) is 7. The average Bonchev–Trinajstić information content (AvgIpc) is 3.26. The zero-order valence-electron chi connectivity index (χ0n) is 21.3. The number of halogens is 8. The topological polar surface area (TPSA) is 115 Å². The molecule has 2 aromatic rings. The van der Waals surface area contributed by atoms with Crippen LogP contribution >= 0.6 is 34.5 Å². The van der Waals surface area contributed by atoms with Crippen molar-refractivity contribution in [1.82, 2.24) is 14.8 Å². The number of nitrogens with zero attached hydrogens (tertiary/aromatic N) is 3. The highest BCUT2D eigenvalue weighted by Crippen LogP contribution is 2.54. The third-order valence-corrected chi connectivity index (χ3v) is 11.1. The van der Waals surface area contributed by atoms with Gasteiger partial charge >= 0.3 is 12.4 Å². The largest absolute Gasteiger partial charge is 0.430 e. The first-order chi connectivity index (χ1) is 18.7. The summed E-state index contributed by atoms with van der Waals surface area (Å²) in [4.78, 5) is 33.2. The van der Waals surface area contributed by atoms with E-state index in [1.807, 2.05) is 0 Å². The monoisotopic (exact) mass is 666 g/mol. The van der Waals surface area contributed by atoms with Gasteiger partial charge in [-0.15, -0.1) is 11.3 Å². The second-order valence-electron chi connectivity index (χ2n) is 9.93. The van der Waals surface area contributed by atoms with Crippen LogP contribution in [0.3, 0.4) is 0 Å². The molecule has 8 nitrogen and oxygen atoms in total. The number of hydrogen-bond donors (Lipinski definition) is 2. The Morgan fingerprint density at radius 1 is 1.10 bits per heavy atom. The fraction of sp³-hybridized carbons (Fsp3) is 0.522. The van der Waals surface area contributed by atoms with Gasteiger partial charge in [0, 0.05) is 64.0 Å². The fourth-order valence-electron chi connectivity index (χ4n) is 5.04. The summed E-state index contributed by atoms with van der Waals surface area (Å²) in [7, 11) is -2.66. The number of aliphatic hydroxyl groups is 1. The van der Waals surface area contributed by atoms with Crippen molar-refractivity contribution in [2.45, 2.75) is 31.8 Å². The van der Waals surface area contributed by atoms with Gasteiger partial charge in [0.05, 0.1) is 14.9 Å². The number of rotatable bonds is 6. The molecule has 41 heavy (non-hydrogen) atoms. The third-order valence-electron chi connectivity index (χ3n) is 7.02. The van der Waals surface area contributed by atoms with Crippen molar-refractivity contribution in [3.8, 4) is 10.4 Å². The Hall–Kier alpha value is -2.14. The minimum absolute atomic E-state index is 0.126. The van der Waals surface area contributed by atoms with E-state index >= 15 is 0 Å². The highest BCUT2D eigenvalue weighted by atomic mass is 35.5. The standard InChI is InChI=1S/C23H22Cl2F6N4O4S2/c1-3-34(4-2)18(36)15-16(40-17(33-15)19(37)35-7-20(8-35)9-41(32,39)10-20)11-5-6-12(14(25)13(11)24)21(38,22(26,27)28)23(29,30)31/h5-6,32,38H,3-4,7-10H2,1-2H3. The van der Waals surface area contributed by atoms with E-state index in [0.29, 0.717) is 17.4 Å². The first kappa shape index (κ1) is 31.8. The first-order valence-corrected chi connectivity index (χ1v) is 15.4. The van der Waals surface area contributed by atoms with Crippen molar-refractivity contribution in [1.29, 1.82) is 4.78 Å². The molecule has 1 aromatic carbocycles. The second kappa shape index (κ2) is 10.2. The number of thiazole rings is 1. The van der Waals surface area contributed by atoms with Gasteiger partial charge in [-0.3, -0.25) is 14.4 Å². The molecule has 2 aliphatic rings. The Balaban J connectivity index is 1.79. The molecule has 2 fully saturated rings. The van der Waals surface area contributed by atoms with Crippen molar-refractivity contribution in [2.24, 2.45) is 5.41 Å². The number of alkyl halides is 6. The summed E-state index contributed by atoms with van der Waals surface area (Å²) in [5.74, 6) is -0.972. The number of likely N-dealkylation sites (tertiary alicyclic amines) is 1. The Morgan fingerprint density at radius 3 is 2.10 bits per heavy atom. The first-order valence-electron chi connectivity index (χ1n) is 11.9. The van der Waals surface area contributed by atoms with Crippen molar-refractivity contribution < 1.29 is 45.2 Å². The van der Waals surface area contributed by atoms with Gasteiger partial charge in [0.2, 0.25) is 0 Å². The molecule has 0 atom stereocenters. The molecule has 2 saturated heterocycles. The van der Waals surface area contributed by atoms with Gasteiger partial charge < -0.3 is 14.9 Å². The molecule has 0 aliphatic carbocycles. The van der Waals surface area contributed by atoms with E-state index in [4.69, 9.17) is 28.0 Å². The van der Waals surface area contributed by atoms with Gasteiger partial charge in [-0.05, 0) is 13.8 Å². The number of carbonyl (C=O) groups excluding carboxylic acids is 2. The van der Waals surface area contributed by atoms with Crippen LogP contribution in [-0.2, 0) is 15.3 Å². The molecular weight excluding hydrogens is 645 g/mol. The predicted molar refractivity (Wildman–Crippen MR) is 140 cm³/mol. The Labute approximate surface area is 244 Å². The van der Waals surface area contributed by atoms with Crippen LogP contribution in [0.1, 0.15) is 39.7 Å². The van der Waals surface area contributed by atoms with Crippen LogP contribution in [0.15, 0.2) is 12.1 Å². The van der Waals surface area contributed by atoms with Gasteiger partial charge in [-0.2, -0.15) is 26.3 Å². The van der Waals surface area contributed by atoms with Gasteiger partial charge in [0.1, 0.15) is 5.69 Å². The molecule has 2 N–H and O–H groups in total. The fourth-order valence-corrected chi connectivity index (χ4v) is 8.97. The third kappa shape index (κ3) is 5.19. The summed E-state index contributed by atoms with van der Waals surface area (Å²) in [6.45, 7) is 4.18. The molecule has 18 heteroatoms. The molecule has 1 aromatic heterocycles. The maximum Gasteiger partial charge on any atom is 0.430 e. The summed E-state index contributed by atoms with van der Waals surface area (Å²) in [5, 5.41) is 7.55. The molecule has 2 amide bonds. The van der Waals surface area contributed by atoms with Crippen LogP contribution in [0.2, 0.25) is 10.0 Å². The molecule has 0 radical (unpaired) electrons. The second-order valence-corrected chi connectivity index (χ2v) is 13.9. The number of aromatic nitrogens is 1. The number of benzene rings is 1. The molecule has 0 unspecified atom stereocenters. The SMILES string of the molecule is CCN(CC)C(=O)c1nc(C(=O)N2CC3(C2)CS(=N)(=O)C3)sc1-c1ccc(C(O)(C(F)(F)F)C(F)(F)F)c(Cl)c1Cl. The van der Waals surface area contributed by atoms with E-state index in [2.05, 4.69) is 4.98 Å². The lowest BCUT2D eigenvalue weighted by molar-refractivity contribution is -0.376. The minimum atomic E-state index is -6.21. The lowest BCUT2D eigenvalue weighted by atomic mass is 9.83. The molecule has 226 valence electrons. The summed E-state index contributed by atoms with van der Waals surface area (Å²) < 4.78 is 100. The number of nitrogens with one attached hydrogen (secondary N) is 1. The van der Waals surface area contributed by atoms with Gasteiger partial charge in [-0.25, -0.2) is 9.19 Å². The smallest absolute Gasteiger partial charge is 0.369 e. The van der Waals surface area contributed by atoms with E-state index in [1.165, 1.54) is 9.80 Å². The molecule has 3 heterocycles. The van der Waals surface area contributed by atoms with E-state index in [9.17, 15) is 45.2 Å². The van der Waals surface area contributed by atoms with Crippen LogP contribution in [-0.4, -0.2) is 86.0 Å². The Bertz CT molecular complexity index is 1490. The highest BCUT2D eigenvalue weighted by Gasteiger charge is 2.72. The maximum absolute atomic E-state index is 13.5. The molecule has 4 rings (SSSR count). The Kier molecular flexibility index (Phi) is 7.94. The Morgan fingerprint density at radius 2 is 1.63 bits per heavy atom. The average molecular weight is 667 g/mol. The number of amides is 2. The molecular formula is C23H22Cl2F6N4O4S2. The van der Waals surface area contributed by atoms with Crippen molar-refractivity contribution in [3.63, 3.8) is 0 Å². The van der Waals surface area contributed by atoms with Crippen LogP contribution in [0.25, 0.3) is 10.4 Å². The van der Waals surface area contributed by atoms with Crippen LogP contribution in [0.5, 0.6) is 0 Å². The predicted octanol–water partition coefficient (Wildman–Crippen LogP) is 5.41. The van der Waals surface area contributed by atoms with Crippen molar-refractivity contribution >= 4 is 56.1 Å². The van der Waals surface area contributed by atoms with Crippen molar-refractivity contribution in [3.05, 3.63) is 38.4 Å². The minimum Gasteiger partial charge on any atom is -0.369 e. The lowest BCUT2D eigenvalue weighted by Crippen LogP contribution is -2.69. The molecule has 0 saturated carbocycles. The summed E-state index contributed by atoms with van der Waals surface area (Å²) >= 11 is 12.7. The summed E-state index contributed by atoms with van der Waals surface area (Å²) in [6.07, 6.45) is -12.4. The normalized spacial score (nSPS) is 18.2. The van der Waals surface area contributed by atoms with Crippen LogP contribution in [0, 0.1) is 10.2 Å². The molecule has 2 aliphatic heterocycles.